The molecular formula is C15H15N3O5. The molecule has 0 N–H and O–H groups in total. The molecule has 0 unspecified atom stereocenters. The summed E-state index contributed by atoms with van der Waals surface area (Å²) in [5.41, 5.74) is 1.04. The number of Topliss-reactive ketones (excluding diaryl/α,β-unsaturated/α-hetero) is 1. The minimum Gasteiger partial charge on any atom is -0.461 e. The van der Waals surface area contributed by atoms with Gasteiger partial charge in [0.25, 0.3) is 5.69 Å². The van der Waals surface area contributed by atoms with Crippen LogP contribution < -0.4 is 0 Å². The molecule has 0 saturated carbocycles. The molecule has 2 rings (SSSR count). The summed E-state index contributed by atoms with van der Waals surface area (Å²) in [6.45, 7) is 4.81. The highest BCUT2D eigenvalue weighted by molar-refractivity contribution is 6.05. The Balaban J connectivity index is 2.55. The van der Waals surface area contributed by atoms with Crippen molar-refractivity contribution in [3.63, 3.8) is 0 Å². The van der Waals surface area contributed by atoms with E-state index in [0.717, 1.165) is 0 Å². The molecule has 0 amide bonds. The number of ether oxygens (including phenoxy) is 1. The van der Waals surface area contributed by atoms with Crippen LogP contribution in [0, 0.1) is 17.0 Å². The number of non-ortho nitro benzene ring substituents is 1. The standard InChI is InChI=1S/C15H15N3O5/c1-4-23-15(20)14-13(10(3)19)9(2)17(16-14)11-5-7-12(8-6-11)18(21)22/h5-8H,4H2,1-3H3. The average Bonchev–Trinajstić information content (AvgIpc) is 2.85. The Morgan fingerprint density at radius 3 is 2.39 bits per heavy atom. The van der Waals surface area contributed by atoms with E-state index in [1.165, 1.54) is 35.9 Å². The Kier molecular flexibility index (Phi) is 4.54. The van der Waals surface area contributed by atoms with Crippen molar-refractivity contribution < 1.29 is 19.2 Å². The van der Waals surface area contributed by atoms with Gasteiger partial charge >= 0.3 is 5.97 Å². The van der Waals surface area contributed by atoms with Crippen LogP contribution in [0.4, 0.5) is 5.69 Å². The Morgan fingerprint density at radius 2 is 1.91 bits per heavy atom. The van der Waals surface area contributed by atoms with Gasteiger partial charge in [-0.1, -0.05) is 0 Å². The van der Waals surface area contributed by atoms with Crippen LogP contribution in [0.5, 0.6) is 0 Å². The predicted molar refractivity (Wildman–Crippen MR) is 80.9 cm³/mol. The van der Waals surface area contributed by atoms with Gasteiger partial charge in [-0.25, -0.2) is 9.48 Å². The van der Waals surface area contributed by atoms with E-state index in [1.54, 1.807) is 13.8 Å². The van der Waals surface area contributed by atoms with Crippen molar-refractivity contribution in [2.24, 2.45) is 0 Å². The number of nitrogens with zero attached hydrogens (tertiary/aromatic N) is 3. The highest BCUT2D eigenvalue weighted by atomic mass is 16.6. The third-order valence-electron chi connectivity index (χ3n) is 3.24. The number of aromatic nitrogens is 2. The van der Waals surface area contributed by atoms with E-state index in [9.17, 15) is 19.7 Å². The van der Waals surface area contributed by atoms with Gasteiger partial charge < -0.3 is 4.74 Å². The van der Waals surface area contributed by atoms with Crippen molar-refractivity contribution in [1.29, 1.82) is 0 Å². The number of nitro benzene ring substituents is 1. The fraction of sp³-hybridized carbons (Fsp3) is 0.267. The van der Waals surface area contributed by atoms with E-state index in [-0.39, 0.29) is 29.3 Å². The van der Waals surface area contributed by atoms with Gasteiger partial charge in [-0.3, -0.25) is 14.9 Å². The molecule has 0 saturated heterocycles. The molecule has 0 spiro atoms. The summed E-state index contributed by atoms with van der Waals surface area (Å²) in [6.07, 6.45) is 0. The lowest BCUT2D eigenvalue weighted by Crippen LogP contribution is -2.10. The fourth-order valence-corrected chi connectivity index (χ4v) is 2.23. The molecule has 0 aliphatic rings. The lowest BCUT2D eigenvalue weighted by Gasteiger charge is -2.04. The largest absolute Gasteiger partial charge is 0.461 e. The summed E-state index contributed by atoms with van der Waals surface area (Å²) in [4.78, 5) is 34.0. The molecule has 0 bridgehead atoms. The van der Waals surface area contributed by atoms with Crippen LogP contribution in [-0.4, -0.2) is 33.1 Å². The monoisotopic (exact) mass is 317 g/mol. The summed E-state index contributed by atoms with van der Waals surface area (Å²) in [6, 6.07) is 5.65. The van der Waals surface area contributed by atoms with Gasteiger partial charge in [-0.15, -0.1) is 0 Å². The normalized spacial score (nSPS) is 10.4. The number of esters is 1. The summed E-state index contributed by atoms with van der Waals surface area (Å²) in [7, 11) is 0. The van der Waals surface area contributed by atoms with Crippen LogP contribution in [0.25, 0.3) is 5.69 Å². The molecule has 23 heavy (non-hydrogen) atoms. The van der Waals surface area contributed by atoms with Crippen molar-refractivity contribution in [2.45, 2.75) is 20.8 Å². The second kappa shape index (κ2) is 6.39. The smallest absolute Gasteiger partial charge is 0.359 e. The van der Waals surface area contributed by atoms with Crippen molar-refractivity contribution in [3.8, 4) is 5.69 Å². The Morgan fingerprint density at radius 1 is 1.30 bits per heavy atom. The van der Waals surface area contributed by atoms with E-state index in [4.69, 9.17) is 4.74 Å². The minimum atomic E-state index is -0.679. The van der Waals surface area contributed by atoms with E-state index >= 15 is 0 Å². The van der Waals surface area contributed by atoms with Gasteiger partial charge in [0.15, 0.2) is 11.5 Å². The van der Waals surface area contributed by atoms with E-state index in [2.05, 4.69) is 5.10 Å². The highest BCUT2D eigenvalue weighted by Gasteiger charge is 2.25. The average molecular weight is 317 g/mol. The summed E-state index contributed by atoms with van der Waals surface area (Å²) in [5, 5.41) is 14.8. The number of hydrogen-bond acceptors (Lipinski definition) is 6. The van der Waals surface area contributed by atoms with Gasteiger partial charge in [-0.2, -0.15) is 5.10 Å². The van der Waals surface area contributed by atoms with Crippen LogP contribution in [0.2, 0.25) is 0 Å². The first kappa shape index (κ1) is 16.3. The minimum absolute atomic E-state index is 0.0593. The Bertz CT molecular complexity index is 777. The first-order valence-corrected chi connectivity index (χ1v) is 6.89. The second-order valence-corrected chi connectivity index (χ2v) is 4.77. The zero-order valence-electron chi connectivity index (χ0n) is 12.9. The molecule has 120 valence electrons. The zero-order valence-corrected chi connectivity index (χ0v) is 12.9. The summed E-state index contributed by atoms with van der Waals surface area (Å²) >= 11 is 0. The molecular weight excluding hydrogens is 302 g/mol. The molecule has 1 aromatic heterocycles. The van der Waals surface area contributed by atoms with Crippen LogP contribution in [0.15, 0.2) is 24.3 Å². The maximum absolute atomic E-state index is 12.0. The van der Waals surface area contributed by atoms with Gasteiger partial charge in [0.05, 0.1) is 28.5 Å². The van der Waals surface area contributed by atoms with Crippen molar-refractivity contribution in [1.82, 2.24) is 9.78 Å². The second-order valence-electron chi connectivity index (χ2n) is 4.77. The fourth-order valence-electron chi connectivity index (χ4n) is 2.23. The van der Waals surface area contributed by atoms with Crippen molar-refractivity contribution in [2.75, 3.05) is 6.61 Å². The van der Waals surface area contributed by atoms with E-state index in [0.29, 0.717) is 11.4 Å². The molecule has 8 heteroatoms. The van der Waals surface area contributed by atoms with Crippen LogP contribution >= 0.6 is 0 Å². The molecule has 0 atom stereocenters. The highest BCUT2D eigenvalue weighted by Crippen LogP contribution is 2.21. The van der Waals surface area contributed by atoms with Crippen LogP contribution in [0.3, 0.4) is 0 Å². The molecule has 8 nitrogen and oxygen atoms in total. The molecule has 1 heterocycles. The van der Waals surface area contributed by atoms with Gasteiger partial charge in [0, 0.05) is 12.1 Å². The van der Waals surface area contributed by atoms with Crippen molar-refractivity contribution >= 4 is 17.4 Å². The van der Waals surface area contributed by atoms with E-state index < -0.39 is 10.9 Å². The number of ketones is 1. The van der Waals surface area contributed by atoms with Gasteiger partial charge in [-0.05, 0) is 32.9 Å². The molecule has 0 fully saturated rings. The zero-order chi connectivity index (χ0) is 17.1. The molecule has 1 aromatic carbocycles. The first-order chi connectivity index (χ1) is 10.9. The Labute approximate surface area is 131 Å². The van der Waals surface area contributed by atoms with Gasteiger partial charge in [0.2, 0.25) is 0 Å². The summed E-state index contributed by atoms with van der Waals surface area (Å²) < 4.78 is 6.31. The molecule has 0 radical (unpaired) electrons. The Hall–Kier alpha value is -3.03. The van der Waals surface area contributed by atoms with Crippen LogP contribution in [0.1, 0.15) is 40.4 Å². The lowest BCUT2D eigenvalue weighted by molar-refractivity contribution is -0.384. The lowest BCUT2D eigenvalue weighted by atomic mass is 10.1. The number of carbonyl (C=O) groups is 2. The van der Waals surface area contributed by atoms with Crippen molar-refractivity contribution in [3.05, 3.63) is 51.3 Å². The topological polar surface area (TPSA) is 104 Å². The van der Waals surface area contributed by atoms with Crippen LogP contribution in [-0.2, 0) is 4.74 Å². The third-order valence-corrected chi connectivity index (χ3v) is 3.24. The van der Waals surface area contributed by atoms with Gasteiger partial charge in [0.1, 0.15) is 0 Å². The molecule has 2 aromatic rings. The number of rotatable bonds is 5. The number of nitro groups is 1. The number of hydrogen-bond donors (Lipinski definition) is 0. The number of carbonyl (C=O) groups excluding carboxylic acids is 2. The predicted octanol–water partition coefficient (Wildman–Crippen LogP) is 2.47. The molecule has 0 aliphatic heterocycles. The number of benzene rings is 1. The molecule has 0 aliphatic carbocycles. The maximum Gasteiger partial charge on any atom is 0.359 e. The maximum atomic E-state index is 12.0. The third kappa shape index (κ3) is 3.10. The van der Waals surface area contributed by atoms with E-state index in [1.807, 2.05) is 0 Å². The summed E-state index contributed by atoms with van der Waals surface area (Å²) in [5.74, 6) is -0.986. The quantitative estimate of drug-likeness (QED) is 0.363. The SMILES string of the molecule is CCOC(=O)c1nn(-c2ccc([N+](=O)[O-])cc2)c(C)c1C(C)=O. The first-order valence-electron chi connectivity index (χ1n) is 6.89.